The maximum atomic E-state index is 13.7. The second-order valence-corrected chi connectivity index (χ2v) is 5.69. The maximum absolute atomic E-state index is 13.7. The summed E-state index contributed by atoms with van der Waals surface area (Å²) in [6.45, 7) is 5.89. The summed E-state index contributed by atoms with van der Waals surface area (Å²) < 4.78 is 26.9. The molecule has 1 aromatic carbocycles. The average molecular weight is 266 g/mol. The monoisotopic (exact) mass is 266 g/mol. The average Bonchev–Trinajstić information content (AvgIpc) is 2.86. The molecule has 0 unspecified atom stereocenters. The molecular weight excluding hydrogens is 246 g/mol. The number of fused-ring (bicyclic) bond motifs is 1. The van der Waals surface area contributed by atoms with Gasteiger partial charge in [-0.15, -0.1) is 0 Å². The molecule has 2 atom stereocenters. The highest BCUT2D eigenvalue weighted by molar-refractivity contribution is 5.19. The Kier molecular flexibility index (Phi) is 3.54. The van der Waals surface area contributed by atoms with Crippen LogP contribution in [0, 0.1) is 11.6 Å². The normalized spacial score (nSPS) is 28.6. The third-order valence-electron chi connectivity index (χ3n) is 4.60. The molecule has 2 aliphatic heterocycles. The lowest BCUT2D eigenvalue weighted by molar-refractivity contribution is 0.0463. The van der Waals surface area contributed by atoms with E-state index < -0.39 is 0 Å². The fourth-order valence-electron chi connectivity index (χ4n) is 3.49. The van der Waals surface area contributed by atoms with Crippen LogP contribution in [-0.4, -0.2) is 41.5 Å². The summed E-state index contributed by atoms with van der Waals surface area (Å²) in [6, 6.07) is 4.73. The van der Waals surface area contributed by atoms with Crippen LogP contribution in [0.5, 0.6) is 0 Å². The molecule has 19 heavy (non-hydrogen) atoms. The van der Waals surface area contributed by atoms with E-state index in [1.807, 2.05) is 0 Å². The molecule has 4 heteroatoms. The molecule has 3 rings (SSSR count). The third-order valence-corrected chi connectivity index (χ3v) is 4.60. The lowest BCUT2D eigenvalue weighted by Gasteiger charge is -2.43. The first-order chi connectivity index (χ1) is 9.15. The predicted molar refractivity (Wildman–Crippen MR) is 70.8 cm³/mol. The summed E-state index contributed by atoms with van der Waals surface area (Å²) in [5.74, 6) is -0.661. The molecule has 104 valence electrons. The molecule has 1 aromatic rings. The molecule has 0 amide bonds. The standard InChI is InChI=1S/C15H20F2N2/c1-11-15-3-2-6-18(15)7-8-19(11)10-12-9-13(16)4-5-14(12)17/h4-5,9,11,15H,2-3,6-8,10H2,1H3/t11-,15-/m0/s1. The van der Waals surface area contributed by atoms with E-state index in [-0.39, 0.29) is 11.6 Å². The molecule has 0 radical (unpaired) electrons. The van der Waals surface area contributed by atoms with Crippen LogP contribution in [0.4, 0.5) is 8.78 Å². The largest absolute Gasteiger partial charge is 0.298 e. The Bertz CT molecular complexity index is 463. The van der Waals surface area contributed by atoms with Crippen molar-refractivity contribution >= 4 is 0 Å². The Labute approximate surface area is 113 Å². The number of halogens is 2. The minimum atomic E-state index is -0.358. The summed E-state index contributed by atoms with van der Waals surface area (Å²) in [5.41, 5.74) is 0.471. The maximum Gasteiger partial charge on any atom is 0.127 e. The van der Waals surface area contributed by atoms with Gasteiger partial charge in [0.05, 0.1) is 0 Å². The van der Waals surface area contributed by atoms with E-state index in [1.165, 1.54) is 37.6 Å². The number of hydrogen-bond donors (Lipinski definition) is 0. The number of nitrogens with zero attached hydrogens (tertiary/aromatic N) is 2. The first-order valence-electron chi connectivity index (χ1n) is 7.07. The topological polar surface area (TPSA) is 6.48 Å². The van der Waals surface area contributed by atoms with Gasteiger partial charge in [0.2, 0.25) is 0 Å². The van der Waals surface area contributed by atoms with Crippen LogP contribution in [-0.2, 0) is 6.54 Å². The Hall–Kier alpha value is -1.00. The summed E-state index contributed by atoms with van der Waals surface area (Å²) in [4.78, 5) is 4.81. The molecule has 0 aliphatic carbocycles. The van der Waals surface area contributed by atoms with Crippen LogP contribution in [0.25, 0.3) is 0 Å². The van der Waals surface area contributed by atoms with Crippen LogP contribution < -0.4 is 0 Å². The van der Waals surface area contributed by atoms with Crippen molar-refractivity contribution in [3.8, 4) is 0 Å². The quantitative estimate of drug-likeness (QED) is 0.812. The lowest BCUT2D eigenvalue weighted by atomic mass is 10.0. The van der Waals surface area contributed by atoms with Crippen LogP contribution >= 0.6 is 0 Å². The van der Waals surface area contributed by atoms with Crippen molar-refractivity contribution in [3.05, 3.63) is 35.4 Å². The van der Waals surface area contributed by atoms with E-state index in [2.05, 4.69) is 16.7 Å². The Morgan fingerprint density at radius 2 is 2.05 bits per heavy atom. The van der Waals surface area contributed by atoms with Crippen LogP contribution in [0.1, 0.15) is 25.3 Å². The second-order valence-electron chi connectivity index (χ2n) is 5.69. The number of benzene rings is 1. The van der Waals surface area contributed by atoms with Crippen LogP contribution in [0.3, 0.4) is 0 Å². The molecule has 0 aromatic heterocycles. The number of piperazine rings is 1. The van der Waals surface area contributed by atoms with Gasteiger partial charge in [-0.25, -0.2) is 8.78 Å². The minimum absolute atomic E-state index is 0.303. The smallest absolute Gasteiger partial charge is 0.127 e. The predicted octanol–water partition coefficient (Wildman–Crippen LogP) is 2.63. The molecule has 0 N–H and O–H groups in total. The van der Waals surface area contributed by atoms with Crippen molar-refractivity contribution in [1.29, 1.82) is 0 Å². The molecule has 0 bridgehead atoms. The Morgan fingerprint density at radius 3 is 2.89 bits per heavy atom. The number of hydrogen-bond acceptors (Lipinski definition) is 2. The van der Waals surface area contributed by atoms with Gasteiger partial charge >= 0.3 is 0 Å². The molecule has 0 spiro atoms. The summed E-state index contributed by atoms with van der Waals surface area (Å²) in [7, 11) is 0. The molecule has 2 heterocycles. The van der Waals surface area contributed by atoms with Gasteiger partial charge in [-0.05, 0) is 44.5 Å². The number of rotatable bonds is 2. The highest BCUT2D eigenvalue weighted by Gasteiger charge is 2.36. The van der Waals surface area contributed by atoms with E-state index in [0.717, 1.165) is 13.1 Å². The van der Waals surface area contributed by atoms with Gasteiger partial charge in [0.15, 0.2) is 0 Å². The van der Waals surface area contributed by atoms with Crippen molar-refractivity contribution < 1.29 is 8.78 Å². The van der Waals surface area contributed by atoms with Crippen LogP contribution in [0.15, 0.2) is 18.2 Å². The molecular formula is C15H20F2N2. The zero-order valence-electron chi connectivity index (χ0n) is 11.3. The highest BCUT2D eigenvalue weighted by atomic mass is 19.1. The van der Waals surface area contributed by atoms with E-state index in [1.54, 1.807) is 0 Å². The van der Waals surface area contributed by atoms with Crippen molar-refractivity contribution in [2.24, 2.45) is 0 Å². The SMILES string of the molecule is C[C@H]1[C@@H]2CCCN2CCN1Cc1cc(F)ccc1F. The van der Waals surface area contributed by atoms with Gasteiger partial charge in [-0.1, -0.05) is 0 Å². The summed E-state index contributed by atoms with van der Waals surface area (Å²) in [6.07, 6.45) is 2.49. The fraction of sp³-hybridized carbons (Fsp3) is 0.600. The van der Waals surface area contributed by atoms with Gasteiger partial charge in [0.1, 0.15) is 11.6 Å². The van der Waals surface area contributed by atoms with Gasteiger partial charge in [-0.3, -0.25) is 9.80 Å². The van der Waals surface area contributed by atoms with Crippen molar-refractivity contribution in [2.75, 3.05) is 19.6 Å². The van der Waals surface area contributed by atoms with E-state index in [0.29, 0.717) is 24.2 Å². The van der Waals surface area contributed by atoms with Gasteiger partial charge in [0, 0.05) is 37.3 Å². The molecule has 2 nitrogen and oxygen atoms in total. The second kappa shape index (κ2) is 5.17. The summed E-state index contributed by atoms with van der Waals surface area (Å²) in [5, 5.41) is 0. The molecule has 2 saturated heterocycles. The minimum Gasteiger partial charge on any atom is -0.298 e. The Morgan fingerprint density at radius 1 is 1.21 bits per heavy atom. The van der Waals surface area contributed by atoms with Gasteiger partial charge < -0.3 is 0 Å². The first-order valence-corrected chi connectivity index (χ1v) is 7.07. The molecule has 0 saturated carbocycles. The Balaban J connectivity index is 1.74. The zero-order valence-corrected chi connectivity index (χ0v) is 11.3. The zero-order chi connectivity index (χ0) is 13.4. The van der Waals surface area contributed by atoms with E-state index in [4.69, 9.17) is 0 Å². The first kappa shape index (κ1) is 13.0. The summed E-state index contributed by atoms with van der Waals surface area (Å²) >= 11 is 0. The van der Waals surface area contributed by atoms with Crippen LogP contribution in [0.2, 0.25) is 0 Å². The fourth-order valence-corrected chi connectivity index (χ4v) is 3.49. The van der Waals surface area contributed by atoms with E-state index >= 15 is 0 Å². The van der Waals surface area contributed by atoms with Crippen molar-refractivity contribution in [3.63, 3.8) is 0 Å². The molecule has 2 aliphatic rings. The third kappa shape index (κ3) is 2.51. The lowest BCUT2D eigenvalue weighted by Crippen LogP contribution is -2.55. The van der Waals surface area contributed by atoms with Gasteiger partial charge in [0.25, 0.3) is 0 Å². The highest BCUT2D eigenvalue weighted by Crippen LogP contribution is 2.28. The molecule has 2 fully saturated rings. The van der Waals surface area contributed by atoms with E-state index in [9.17, 15) is 8.78 Å². The van der Waals surface area contributed by atoms with Gasteiger partial charge in [-0.2, -0.15) is 0 Å². The van der Waals surface area contributed by atoms with Crippen molar-refractivity contribution in [2.45, 2.75) is 38.4 Å². The van der Waals surface area contributed by atoms with Crippen molar-refractivity contribution in [1.82, 2.24) is 9.80 Å².